The van der Waals surface area contributed by atoms with Crippen LogP contribution in [0.2, 0.25) is 0 Å². The Morgan fingerprint density at radius 2 is 2.05 bits per heavy atom. The number of benzene rings is 1. The van der Waals surface area contributed by atoms with E-state index in [-0.39, 0.29) is 11.4 Å². The van der Waals surface area contributed by atoms with E-state index in [1.807, 2.05) is 20.8 Å². The Labute approximate surface area is 117 Å². The van der Waals surface area contributed by atoms with Gasteiger partial charge in [0, 0.05) is 5.69 Å². The van der Waals surface area contributed by atoms with Gasteiger partial charge in [0.05, 0.1) is 0 Å². The first kappa shape index (κ1) is 14.1. The van der Waals surface area contributed by atoms with Crippen LogP contribution in [0.4, 0.5) is 0 Å². The van der Waals surface area contributed by atoms with Gasteiger partial charge in [0.15, 0.2) is 5.69 Å². The summed E-state index contributed by atoms with van der Waals surface area (Å²) in [6, 6.07) is 6.73. The van der Waals surface area contributed by atoms with E-state index in [1.54, 1.807) is 24.3 Å². The molecule has 0 atom stereocenters. The summed E-state index contributed by atoms with van der Waals surface area (Å²) >= 11 is 0. The first-order valence-corrected chi connectivity index (χ1v) is 6.50. The van der Waals surface area contributed by atoms with Gasteiger partial charge in [-0.05, 0) is 43.0 Å². The minimum Gasteiger partial charge on any atom is -0.506 e. The maximum absolute atomic E-state index is 11.1. The number of aromatic nitrogens is 2. The molecule has 0 radical (unpaired) electrons. The van der Waals surface area contributed by atoms with Gasteiger partial charge in [-0.1, -0.05) is 19.9 Å². The summed E-state index contributed by atoms with van der Waals surface area (Å²) in [5, 5.41) is 23.2. The second-order valence-corrected chi connectivity index (χ2v) is 5.33. The molecule has 0 amide bonds. The number of phenols is 1. The van der Waals surface area contributed by atoms with Gasteiger partial charge in [0.25, 0.3) is 0 Å². The number of carboxylic acid groups (broad SMARTS) is 1. The summed E-state index contributed by atoms with van der Waals surface area (Å²) < 4.78 is 1.52. The summed E-state index contributed by atoms with van der Waals surface area (Å²) in [6.07, 6.45) is 0.688. The molecule has 106 valence electrons. The van der Waals surface area contributed by atoms with E-state index >= 15 is 0 Å². The van der Waals surface area contributed by atoms with Gasteiger partial charge in [-0.3, -0.25) is 0 Å². The molecule has 0 fully saturated rings. The highest BCUT2D eigenvalue weighted by atomic mass is 16.4. The van der Waals surface area contributed by atoms with Gasteiger partial charge in [0.2, 0.25) is 0 Å². The van der Waals surface area contributed by atoms with Crippen LogP contribution >= 0.6 is 0 Å². The Balaban J connectivity index is 2.58. The van der Waals surface area contributed by atoms with E-state index in [9.17, 15) is 9.90 Å². The maximum Gasteiger partial charge on any atom is 0.356 e. The number of rotatable bonds is 4. The third-order valence-corrected chi connectivity index (χ3v) is 2.98. The average molecular weight is 274 g/mol. The zero-order valence-electron chi connectivity index (χ0n) is 11.8. The van der Waals surface area contributed by atoms with E-state index in [4.69, 9.17) is 5.11 Å². The predicted octanol–water partition coefficient (Wildman–Crippen LogP) is 2.78. The monoisotopic (exact) mass is 274 g/mol. The highest BCUT2D eigenvalue weighted by molar-refractivity contribution is 5.85. The quantitative estimate of drug-likeness (QED) is 0.899. The molecule has 1 aromatic carbocycles. The Morgan fingerprint density at radius 1 is 1.35 bits per heavy atom. The standard InChI is InChI=1S/C15H18N2O3/c1-9(2)6-11-8-12(15(19)20)16-17(11)13-7-10(3)4-5-14(13)18/h4-5,7-9,18H,6H2,1-3H3,(H,19,20). The summed E-state index contributed by atoms with van der Waals surface area (Å²) in [4.78, 5) is 11.1. The number of aromatic hydroxyl groups is 1. The molecule has 0 aliphatic carbocycles. The Morgan fingerprint density at radius 3 is 2.65 bits per heavy atom. The molecule has 5 heteroatoms. The van der Waals surface area contributed by atoms with Crippen LogP contribution in [0, 0.1) is 12.8 Å². The lowest BCUT2D eigenvalue weighted by molar-refractivity contribution is 0.0690. The number of nitrogens with zero attached hydrogens (tertiary/aromatic N) is 2. The lowest BCUT2D eigenvalue weighted by Crippen LogP contribution is -2.06. The van der Waals surface area contributed by atoms with Crippen molar-refractivity contribution in [2.45, 2.75) is 27.2 Å². The van der Waals surface area contributed by atoms with E-state index < -0.39 is 5.97 Å². The van der Waals surface area contributed by atoms with Crippen LogP contribution in [-0.4, -0.2) is 26.0 Å². The van der Waals surface area contributed by atoms with Crippen LogP contribution in [0.25, 0.3) is 5.69 Å². The van der Waals surface area contributed by atoms with Crippen molar-refractivity contribution < 1.29 is 15.0 Å². The van der Waals surface area contributed by atoms with Gasteiger partial charge in [-0.2, -0.15) is 5.10 Å². The molecular formula is C15H18N2O3. The number of carbonyl (C=O) groups is 1. The molecule has 1 heterocycles. The predicted molar refractivity (Wildman–Crippen MR) is 75.5 cm³/mol. The van der Waals surface area contributed by atoms with Gasteiger partial charge in [-0.15, -0.1) is 0 Å². The summed E-state index contributed by atoms with van der Waals surface area (Å²) in [7, 11) is 0. The Bertz CT molecular complexity index is 645. The van der Waals surface area contributed by atoms with Crippen LogP contribution in [0.3, 0.4) is 0 Å². The van der Waals surface area contributed by atoms with Crippen molar-refractivity contribution in [3.8, 4) is 11.4 Å². The second-order valence-electron chi connectivity index (χ2n) is 5.33. The number of aryl methyl sites for hydroxylation is 1. The van der Waals surface area contributed by atoms with Crippen LogP contribution < -0.4 is 0 Å². The first-order valence-electron chi connectivity index (χ1n) is 6.50. The smallest absolute Gasteiger partial charge is 0.356 e. The lowest BCUT2D eigenvalue weighted by atomic mass is 10.1. The molecule has 20 heavy (non-hydrogen) atoms. The summed E-state index contributed by atoms with van der Waals surface area (Å²) in [5.41, 5.74) is 2.24. The van der Waals surface area contributed by atoms with Gasteiger partial charge < -0.3 is 10.2 Å². The Kier molecular flexibility index (Phi) is 3.79. The van der Waals surface area contributed by atoms with Crippen LogP contribution in [0.1, 0.15) is 35.6 Å². The molecule has 2 N–H and O–H groups in total. The number of carboxylic acids is 1. The fourth-order valence-electron chi connectivity index (χ4n) is 2.10. The number of hydrogen-bond acceptors (Lipinski definition) is 3. The van der Waals surface area contributed by atoms with Crippen LogP contribution in [-0.2, 0) is 6.42 Å². The minimum absolute atomic E-state index is 0.0124. The first-order chi connectivity index (χ1) is 9.38. The molecule has 2 aromatic rings. The second kappa shape index (κ2) is 5.36. The fourth-order valence-corrected chi connectivity index (χ4v) is 2.10. The normalized spacial score (nSPS) is 11.0. The lowest BCUT2D eigenvalue weighted by Gasteiger charge is -2.11. The van der Waals surface area contributed by atoms with Gasteiger partial charge in [0.1, 0.15) is 11.4 Å². The molecule has 0 bridgehead atoms. The molecule has 0 saturated carbocycles. The molecule has 5 nitrogen and oxygen atoms in total. The highest BCUT2D eigenvalue weighted by Gasteiger charge is 2.17. The molecule has 0 spiro atoms. The summed E-state index contributed by atoms with van der Waals surface area (Å²) in [5.74, 6) is -0.624. The topological polar surface area (TPSA) is 75.3 Å². The minimum atomic E-state index is -1.07. The third kappa shape index (κ3) is 2.82. The Hall–Kier alpha value is -2.30. The number of aromatic carboxylic acids is 1. The molecule has 2 rings (SSSR count). The van der Waals surface area contributed by atoms with Crippen LogP contribution in [0.15, 0.2) is 24.3 Å². The molecular weight excluding hydrogens is 256 g/mol. The van der Waals surface area contributed by atoms with E-state index in [2.05, 4.69) is 5.10 Å². The molecule has 1 aromatic heterocycles. The maximum atomic E-state index is 11.1. The largest absolute Gasteiger partial charge is 0.506 e. The van der Waals surface area contributed by atoms with Crippen molar-refractivity contribution in [2.75, 3.05) is 0 Å². The van der Waals surface area contributed by atoms with Crippen molar-refractivity contribution in [2.24, 2.45) is 5.92 Å². The van der Waals surface area contributed by atoms with E-state index in [1.165, 1.54) is 4.68 Å². The third-order valence-electron chi connectivity index (χ3n) is 2.98. The van der Waals surface area contributed by atoms with Crippen molar-refractivity contribution >= 4 is 5.97 Å². The van der Waals surface area contributed by atoms with Gasteiger partial charge >= 0.3 is 5.97 Å². The molecule has 0 aliphatic rings. The van der Waals surface area contributed by atoms with Crippen LogP contribution in [0.5, 0.6) is 5.75 Å². The van der Waals surface area contributed by atoms with E-state index in [0.29, 0.717) is 18.0 Å². The van der Waals surface area contributed by atoms with Crippen molar-refractivity contribution in [1.29, 1.82) is 0 Å². The zero-order chi connectivity index (χ0) is 14.9. The molecule has 0 unspecified atom stereocenters. The molecule has 0 aliphatic heterocycles. The van der Waals surface area contributed by atoms with Crippen molar-refractivity contribution in [1.82, 2.24) is 9.78 Å². The number of hydrogen-bond donors (Lipinski definition) is 2. The SMILES string of the molecule is Cc1ccc(O)c(-n2nc(C(=O)O)cc2CC(C)C)c1. The fraction of sp³-hybridized carbons (Fsp3) is 0.333. The number of phenolic OH excluding ortho intramolecular Hbond substituents is 1. The van der Waals surface area contributed by atoms with Gasteiger partial charge in [-0.25, -0.2) is 9.48 Å². The molecule has 0 saturated heterocycles. The van der Waals surface area contributed by atoms with Crippen molar-refractivity contribution in [3.05, 3.63) is 41.2 Å². The highest BCUT2D eigenvalue weighted by Crippen LogP contribution is 2.25. The average Bonchev–Trinajstić information content (AvgIpc) is 2.75. The van der Waals surface area contributed by atoms with Crippen molar-refractivity contribution in [3.63, 3.8) is 0 Å². The van der Waals surface area contributed by atoms with E-state index in [0.717, 1.165) is 11.3 Å². The summed E-state index contributed by atoms with van der Waals surface area (Å²) in [6.45, 7) is 6.01. The zero-order valence-corrected chi connectivity index (χ0v) is 11.8.